The molecule has 158 valence electrons. The van der Waals surface area contributed by atoms with Crippen molar-refractivity contribution >= 4 is 15.8 Å². The van der Waals surface area contributed by atoms with Crippen LogP contribution in [0.1, 0.15) is 44.7 Å². The Morgan fingerprint density at radius 1 is 1.32 bits per heavy atom. The van der Waals surface area contributed by atoms with Crippen LogP contribution in [0.4, 0.5) is 0 Å². The second-order valence-corrected chi connectivity index (χ2v) is 10.1. The molecule has 0 radical (unpaired) electrons. The smallest absolute Gasteiger partial charge is 0.191 e. The lowest BCUT2D eigenvalue weighted by Crippen LogP contribution is -2.45. The molecule has 0 unspecified atom stereocenters. The van der Waals surface area contributed by atoms with Gasteiger partial charge in [-0.3, -0.25) is 4.90 Å². The summed E-state index contributed by atoms with van der Waals surface area (Å²) in [4.78, 5) is 7.65. The van der Waals surface area contributed by atoms with Gasteiger partial charge >= 0.3 is 0 Å². The monoisotopic (exact) mass is 408 g/mol. The van der Waals surface area contributed by atoms with Crippen LogP contribution in [0.5, 0.6) is 0 Å². The van der Waals surface area contributed by atoms with E-state index in [-0.39, 0.29) is 0 Å². The molecule has 28 heavy (non-hydrogen) atoms. The molecule has 1 atom stereocenters. The van der Waals surface area contributed by atoms with E-state index in [4.69, 9.17) is 4.99 Å². The number of hydrogen-bond acceptors (Lipinski definition) is 4. The number of nitrogens with zero attached hydrogens (tertiary/aromatic N) is 2. The van der Waals surface area contributed by atoms with Gasteiger partial charge in [0.15, 0.2) is 15.8 Å². The van der Waals surface area contributed by atoms with Gasteiger partial charge in [0.05, 0.1) is 11.4 Å². The summed E-state index contributed by atoms with van der Waals surface area (Å²) in [5, 5.41) is 6.79. The third kappa shape index (κ3) is 6.78. The normalized spacial score (nSPS) is 18.6. The van der Waals surface area contributed by atoms with Crippen molar-refractivity contribution in [3.05, 3.63) is 29.3 Å². The fourth-order valence-electron chi connectivity index (χ4n) is 3.79. The van der Waals surface area contributed by atoms with E-state index >= 15 is 0 Å². The Hall–Kier alpha value is -1.60. The summed E-state index contributed by atoms with van der Waals surface area (Å²) < 4.78 is 23.5. The molecule has 2 N–H and O–H groups in total. The van der Waals surface area contributed by atoms with E-state index in [2.05, 4.69) is 36.3 Å². The van der Waals surface area contributed by atoms with Gasteiger partial charge in [-0.25, -0.2) is 13.4 Å². The molecule has 0 spiro atoms. The highest BCUT2D eigenvalue weighted by Crippen LogP contribution is 2.18. The van der Waals surface area contributed by atoms with Crippen molar-refractivity contribution < 1.29 is 8.42 Å². The number of hydrogen-bond donors (Lipinski definition) is 2. The van der Waals surface area contributed by atoms with E-state index in [0.717, 1.165) is 36.7 Å². The van der Waals surface area contributed by atoms with Gasteiger partial charge < -0.3 is 10.6 Å². The zero-order valence-electron chi connectivity index (χ0n) is 18.0. The number of aliphatic imine (C=N–C) groups is 1. The molecule has 1 heterocycles. The Kier molecular flexibility index (Phi) is 8.31. The molecule has 7 heteroatoms. The molecule has 0 aliphatic carbocycles. The molecule has 1 saturated heterocycles. The number of benzene rings is 1. The summed E-state index contributed by atoms with van der Waals surface area (Å²) in [6.07, 6.45) is 3.73. The molecule has 0 saturated carbocycles. The number of likely N-dealkylation sites (tertiary alicyclic amines) is 1. The predicted octanol–water partition coefficient (Wildman–Crippen LogP) is 2.57. The minimum absolute atomic E-state index is 0.386. The van der Waals surface area contributed by atoms with Crippen molar-refractivity contribution in [3.63, 3.8) is 0 Å². The predicted molar refractivity (Wildman–Crippen MR) is 117 cm³/mol. The van der Waals surface area contributed by atoms with Crippen LogP contribution in [0.2, 0.25) is 0 Å². The highest BCUT2D eigenvalue weighted by atomic mass is 32.2. The SMILES string of the molecule is CCNC(=NCc1ccc(S(C)(=O)=O)c(C)c1)NC[C@H]1CCCN1CC(C)C. The highest BCUT2D eigenvalue weighted by molar-refractivity contribution is 7.90. The number of rotatable bonds is 8. The molecule has 6 nitrogen and oxygen atoms in total. The lowest BCUT2D eigenvalue weighted by molar-refractivity contribution is 0.226. The molecule has 0 amide bonds. The Morgan fingerprint density at radius 2 is 2.07 bits per heavy atom. The largest absolute Gasteiger partial charge is 0.357 e. The minimum atomic E-state index is -3.19. The first kappa shape index (κ1) is 22.7. The summed E-state index contributed by atoms with van der Waals surface area (Å²) in [7, 11) is -3.19. The van der Waals surface area contributed by atoms with Crippen LogP contribution in [0.3, 0.4) is 0 Å². The molecule has 1 aromatic carbocycles. The summed E-state index contributed by atoms with van der Waals surface area (Å²) in [5.41, 5.74) is 1.77. The van der Waals surface area contributed by atoms with Crippen molar-refractivity contribution in [3.8, 4) is 0 Å². The maximum atomic E-state index is 11.8. The lowest BCUT2D eigenvalue weighted by Gasteiger charge is -2.27. The topological polar surface area (TPSA) is 73.8 Å². The van der Waals surface area contributed by atoms with E-state index in [1.54, 1.807) is 6.07 Å². The number of guanidine groups is 1. The first-order chi connectivity index (χ1) is 13.2. The fraction of sp³-hybridized carbons (Fsp3) is 0.667. The van der Waals surface area contributed by atoms with E-state index in [9.17, 15) is 8.42 Å². The summed E-state index contributed by atoms with van der Waals surface area (Å²) in [6, 6.07) is 5.99. The molecular weight excluding hydrogens is 372 g/mol. The third-order valence-corrected chi connectivity index (χ3v) is 6.26. The molecule has 2 rings (SSSR count). The van der Waals surface area contributed by atoms with E-state index in [0.29, 0.717) is 23.4 Å². The molecular formula is C21H36N4O2S. The Bertz CT molecular complexity index is 775. The van der Waals surface area contributed by atoms with E-state index < -0.39 is 9.84 Å². The Balaban J connectivity index is 1.99. The Labute approximate surface area is 170 Å². The van der Waals surface area contributed by atoms with Crippen molar-refractivity contribution in [2.24, 2.45) is 10.9 Å². The van der Waals surface area contributed by atoms with Crippen LogP contribution in [0.25, 0.3) is 0 Å². The lowest BCUT2D eigenvalue weighted by atomic mass is 10.1. The fourth-order valence-corrected chi connectivity index (χ4v) is 4.75. The van der Waals surface area contributed by atoms with Gasteiger partial charge in [-0.05, 0) is 56.3 Å². The molecule has 1 fully saturated rings. The minimum Gasteiger partial charge on any atom is -0.357 e. The van der Waals surface area contributed by atoms with Crippen molar-refractivity contribution in [2.45, 2.75) is 58.0 Å². The average Bonchev–Trinajstić information content (AvgIpc) is 3.02. The molecule has 1 aromatic rings. The molecule has 1 aliphatic rings. The van der Waals surface area contributed by atoms with Gasteiger partial charge in [0.25, 0.3) is 0 Å². The average molecular weight is 409 g/mol. The zero-order chi connectivity index (χ0) is 20.7. The highest BCUT2D eigenvalue weighted by Gasteiger charge is 2.24. The standard InChI is InChI=1S/C21H36N4O2S/c1-6-22-21(24-14-19-8-7-11-25(19)15-16(2)3)23-13-18-9-10-20(17(4)12-18)28(5,26)27/h9-10,12,16,19H,6-8,11,13-15H2,1-5H3,(H2,22,23,24)/t19-/m1/s1. The van der Waals surface area contributed by atoms with Gasteiger partial charge in [0.2, 0.25) is 0 Å². The van der Waals surface area contributed by atoms with Gasteiger partial charge in [0.1, 0.15) is 0 Å². The zero-order valence-corrected chi connectivity index (χ0v) is 18.8. The third-order valence-electron chi connectivity index (χ3n) is 5.01. The first-order valence-electron chi connectivity index (χ1n) is 10.3. The number of aryl methyl sites for hydroxylation is 1. The second kappa shape index (κ2) is 10.3. The Morgan fingerprint density at radius 3 is 2.68 bits per heavy atom. The maximum Gasteiger partial charge on any atom is 0.191 e. The van der Waals surface area contributed by atoms with Crippen LogP contribution < -0.4 is 10.6 Å². The van der Waals surface area contributed by atoms with Crippen LogP contribution in [0.15, 0.2) is 28.1 Å². The van der Waals surface area contributed by atoms with E-state index in [1.165, 1.54) is 25.6 Å². The number of nitrogens with one attached hydrogen (secondary N) is 2. The van der Waals surface area contributed by atoms with Crippen molar-refractivity contribution in [2.75, 3.05) is 32.4 Å². The van der Waals surface area contributed by atoms with E-state index in [1.807, 2.05) is 19.1 Å². The summed E-state index contributed by atoms with van der Waals surface area (Å²) >= 11 is 0. The molecule has 1 aliphatic heterocycles. The van der Waals surface area contributed by atoms with Crippen LogP contribution in [-0.4, -0.2) is 57.8 Å². The van der Waals surface area contributed by atoms with Gasteiger partial charge in [0, 0.05) is 31.9 Å². The maximum absolute atomic E-state index is 11.8. The molecule has 0 aromatic heterocycles. The summed E-state index contributed by atoms with van der Waals surface area (Å²) in [5.74, 6) is 1.49. The van der Waals surface area contributed by atoms with Crippen LogP contribution in [0, 0.1) is 12.8 Å². The summed E-state index contributed by atoms with van der Waals surface area (Å²) in [6.45, 7) is 13.0. The van der Waals surface area contributed by atoms with Gasteiger partial charge in [-0.1, -0.05) is 26.0 Å². The van der Waals surface area contributed by atoms with Crippen molar-refractivity contribution in [1.29, 1.82) is 0 Å². The van der Waals surface area contributed by atoms with Crippen LogP contribution >= 0.6 is 0 Å². The molecule has 0 bridgehead atoms. The van der Waals surface area contributed by atoms with Crippen LogP contribution in [-0.2, 0) is 16.4 Å². The first-order valence-corrected chi connectivity index (χ1v) is 12.2. The van der Waals surface area contributed by atoms with Gasteiger partial charge in [-0.2, -0.15) is 0 Å². The second-order valence-electron chi connectivity index (χ2n) is 8.13. The van der Waals surface area contributed by atoms with Crippen molar-refractivity contribution in [1.82, 2.24) is 15.5 Å². The number of sulfone groups is 1. The quantitative estimate of drug-likeness (QED) is 0.511. The van der Waals surface area contributed by atoms with Gasteiger partial charge in [-0.15, -0.1) is 0 Å².